The van der Waals surface area contributed by atoms with Crippen molar-refractivity contribution in [1.29, 1.82) is 0 Å². The van der Waals surface area contributed by atoms with Crippen LogP contribution in [0.5, 0.6) is 5.75 Å². The summed E-state index contributed by atoms with van der Waals surface area (Å²) in [5, 5.41) is 8.29. The first-order valence-electron chi connectivity index (χ1n) is 8.53. The molecule has 3 amide bonds. The van der Waals surface area contributed by atoms with E-state index in [2.05, 4.69) is 16.0 Å². The lowest BCUT2D eigenvalue weighted by molar-refractivity contribution is -0.118. The fraction of sp³-hybridized carbons (Fsp3) is 0.529. The number of rotatable bonds is 6. The Labute approximate surface area is 163 Å². The lowest BCUT2D eigenvalue weighted by Gasteiger charge is -2.23. The maximum atomic E-state index is 12.6. The van der Waals surface area contributed by atoms with Crippen LogP contribution in [0.25, 0.3) is 0 Å². The van der Waals surface area contributed by atoms with Crippen molar-refractivity contribution < 1.29 is 22.7 Å². The molecule has 1 aromatic carbocycles. The van der Waals surface area contributed by atoms with E-state index < -0.39 is 33.9 Å². The Bertz CT molecular complexity index is 813. The molecule has 0 aliphatic carbocycles. The number of carbonyl (C=O) groups excluding carboxylic acids is 2. The fourth-order valence-electron chi connectivity index (χ4n) is 2.78. The smallest absolute Gasteiger partial charge is 0.315 e. The number of sulfone groups is 1. The molecule has 0 bridgehead atoms. The number of nitrogens with one attached hydrogen (secondary N) is 3. The van der Waals surface area contributed by atoms with E-state index in [4.69, 9.17) is 16.3 Å². The minimum absolute atomic E-state index is 0.0598. The summed E-state index contributed by atoms with van der Waals surface area (Å²) in [6.07, 6.45) is 0.374. The highest BCUT2D eigenvalue weighted by Gasteiger charge is 2.30. The molecule has 1 aliphatic rings. The van der Waals surface area contributed by atoms with Gasteiger partial charge >= 0.3 is 6.03 Å². The van der Waals surface area contributed by atoms with E-state index in [1.807, 2.05) is 0 Å². The Kier molecular flexibility index (Phi) is 6.94. The number of benzene rings is 1. The molecule has 0 aromatic heterocycles. The molecule has 27 heavy (non-hydrogen) atoms. The summed E-state index contributed by atoms with van der Waals surface area (Å²) in [4.78, 5) is 24.8. The predicted octanol–water partition coefficient (Wildman–Crippen LogP) is 1.80. The second-order valence-corrected chi connectivity index (χ2v) is 9.41. The number of ether oxygens (including phenoxy) is 1. The Morgan fingerprint density at radius 2 is 2.00 bits per heavy atom. The van der Waals surface area contributed by atoms with Crippen molar-refractivity contribution in [2.24, 2.45) is 5.92 Å². The Morgan fingerprint density at radius 3 is 2.52 bits per heavy atom. The molecule has 2 atom stereocenters. The highest BCUT2D eigenvalue weighted by atomic mass is 35.5. The first kappa shape index (κ1) is 21.3. The van der Waals surface area contributed by atoms with E-state index in [1.165, 1.54) is 7.11 Å². The first-order valence-corrected chi connectivity index (χ1v) is 10.7. The van der Waals surface area contributed by atoms with Crippen molar-refractivity contribution in [2.45, 2.75) is 32.4 Å². The lowest BCUT2D eigenvalue weighted by atomic mass is 10.0. The molecule has 0 saturated carbocycles. The average Bonchev–Trinajstić information content (AvgIpc) is 2.91. The molecule has 0 radical (unpaired) electrons. The highest BCUT2D eigenvalue weighted by Crippen LogP contribution is 2.27. The third-order valence-corrected chi connectivity index (χ3v) is 6.29. The molecule has 1 heterocycles. The van der Waals surface area contributed by atoms with Crippen LogP contribution in [0, 0.1) is 5.92 Å². The number of anilines is 1. The summed E-state index contributed by atoms with van der Waals surface area (Å²) >= 11 is 6.05. The van der Waals surface area contributed by atoms with Crippen LogP contribution >= 0.6 is 11.6 Å². The van der Waals surface area contributed by atoms with E-state index in [9.17, 15) is 18.0 Å². The van der Waals surface area contributed by atoms with E-state index in [0.29, 0.717) is 22.9 Å². The van der Waals surface area contributed by atoms with Crippen LogP contribution in [0.3, 0.4) is 0 Å². The van der Waals surface area contributed by atoms with Crippen molar-refractivity contribution in [2.75, 3.05) is 23.9 Å². The van der Waals surface area contributed by atoms with Gasteiger partial charge in [0.05, 0.1) is 23.6 Å². The van der Waals surface area contributed by atoms with Gasteiger partial charge in [0.2, 0.25) is 5.91 Å². The lowest BCUT2D eigenvalue weighted by Crippen LogP contribution is -2.52. The molecule has 1 aliphatic heterocycles. The zero-order valence-corrected chi connectivity index (χ0v) is 17.0. The van der Waals surface area contributed by atoms with Gasteiger partial charge in [0.1, 0.15) is 11.8 Å². The number of carbonyl (C=O) groups is 2. The molecule has 8 nitrogen and oxygen atoms in total. The normalized spacial score (nSPS) is 19.4. The molecule has 2 rings (SSSR count). The van der Waals surface area contributed by atoms with Crippen molar-refractivity contribution >= 4 is 39.1 Å². The van der Waals surface area contributed by atoms with E-state index >= 15 is 0 Å². The minimum Gasteiger partial charge on any atom is -0.495 e. The first-order chi connectivity index (χ1) is 12.6. The van der Waals surface area contributed by atoms with Crippen molar-refractivity contribution in [3.05, 3.63) is 23.2 Å². The second kappa shape index (κ2) is 8.79. The molecule has 10 heteroatoms. The quantitative estimate of drug-likeness (QED) is 0.653. The number of urea groups is 1. The maximum absolute atomic E-state index is 12.6. The summed E-state index contributed by atoms with van der Waals surface area (Å²) in [5.41, 5.74) is 0.473. The number of halogens is 1. The molecule has 3 N–H and O–H groups in total. The van der Waals surface area contributed by atoms with Crippen LogP contribution in [-0.2, 0) is 14.6 Å². The van der Waals surface area contributed by atoms with Crippen LogP contribution in [-0.4, -0.2) is 51.1 Å². The van der Waals surface area contributed by atoms with E-state index in [1.54, 1.807) is 32.0 Å². The standard InChI is InChI=1S/C17H24ClN3O5S/c1-10(2)15(21-17(23)20-12-6-7-27(24,25)9-12)16(22)19-11-4-5-14(26-3)13(18)8-11/h4-5,8,10,12,15H,6-7,9H2,1-3H3,(H,19,22)(H2,20,21,23)/t12?,15-/m0/s1. The van der Waals surface area contributed by atoms with Crippen LogP contribution in [0.15, 0.2) is 18.2 Å². The molecule has 150 valence electrons. The summed E-state index contributed by atoms with van der Waals surface area (Å²) in [6, 6.07) is 3.01. The summed E-state index contributed by atoms with van der Waals surface area (Å²) < 4.78 is 28.0. The third-order valence-electron chi connectivity index (χ3n) is 4.22. The molecule has 0 spiro atoms. The Balaban J connectivity index is 1.98. The van der Waals surface area contributed by atoms with Crippen LogP contribution < -0.4 is 20.7 Å². The van der Waals surface area contributed by atoms with Gasteiger partial charge in [-0.15, -0.1) is 0 Å². The van der Waals surface area contributed by atoms with Crippen LogP contribution in [0.1, 0.15) is 20.3 Å². The molecule has 1 fully saturated rings. The molecular formula is C17H24ClN3O5S. The number of amides is 3. The zero-order chi connectivity index (χ0) is 20.2. The van der Waals surface area contributed by atoms with Crippen molar-refractivity contribution in [3.63, 3.8) is 0 Å². The second-order valence-electron chi connectivity index (χ2n) is 6.78. The summed E-state index contributed by atoms with van der Waals surface area (Å²) in [5.74, 6) is -0.121. The average molecular weight is 418 g/mol. The number of hydrogen-bond acceptors (Lipinski definition) is 5. The predicted molar refractivity (Wildman–Crippen MR) is 104 cm³/mol. The van der Waals surface area contributed by atoms with Gasteiger partial charge in [-0.25, -0.2) is 13.2 Å². The van der Waals surface area contributed by atoms with Crippen LogP contribution in [0.2, 0.25) is 5.02 Å². The Morgan fingerprint density at radius 1 is 1.30 bits per heavy atom. The monoisotopic (exact) mass is 417 g/mol. The van der Waals surface area contributed by atoms with Crippen molar-refractivity contribution in [1.82, 2.24) is 10.6 Å². The molecule has 1 saturated heterocycles. The summed E-state index contributed by atoms with van der Waals surface area (Å²) in [6.45, 7) is 3.59. The van der Waals surface area contributed by atoms with E-state index in [0.717, 1.165) is 0 Å². The van der Waals surface area contributed by atoms with Gasteiger partial charge in [0.15, 0.2) is 9.84 Å². The fourth-order valence-corrected chi connectivity index (χ4v) is 4.71. The van der Waals surface area contributed by atoms with Gasteiger partial charge in [0.25, 0.3) is 0 Å². The van der Waals surface area contributed by atoms with Crippen LogP contribution in [0.4, 0.5) is 10.5 Å². The third kappa shape index (κ3) is 6.00. The number of hydrogen-bond donors (Lipinski definition) is 3. The minimum atomic E-state index is -3.10. The Hall–Kier alpha value is -2.00. The molecule has 1 unspecified atom stereocenters. The number of methoxy groups -OCH3 is 1. The maximum Gasteiger partial charge on any atom is 0.315 e. The molecular weight excluding hydrogens is 394 g/mol. The van der Waals surface area contributed by atoms with Gasteiger partial charge in [-0.1, -0.05) is 25.4 Å². The van der Waals surface area contributed by atoms with Crippen molar-refractivity contribution in [3.8, 4) is 5.75 Å². The van der Waals surface area contributed by atoms with Gasteiger partial charge < -0.3 is 20.7 Å². The van der Waals surface area contributed by atoms with Gasteiger partial charge in [-0.2, -0.15) is 0 Å². The highest BCUT2D eigenvalue weighted by molar-refractivity contribution is 7.91. The summed E-state index contributed by atoms with van der Waals surface area (Å²) in [7, 11) is -1.60. The SMILES string of the molecule is COc1ccc(NC(=O)[C@@H](NC(=O)NC2CCS(=O)(=O)C2)C(C)C)cc1Cl. The topological polar surface area (TPSA) is 114 Å². The molecule has 1 aromatic rings. The van der Waals surface area contributed by atoms with Gasteiger partial charge in [-0.05, 0) is 30.5 Å². The largest absolute Gasteiger partial charge is 0.495 e. The van der Waals surface area contributed by atoms with Gasteiger partial charge in [-0.3, -0.25) is 4.79 Å². The van der Waals surface area contributed by atoms with Gasteiger partial charge in [0, 0.05) is 11.7 Å². The zero-order valence-electron chi connectivity index (χ0n) is 15.4. The van der Waals surface area contributed by atoms with E-state index in [-0.39, 0.29) is 17.4 Å².